The number of aromatic nitrogens is 6. The Kier molecular flexibility index (Phi) is 17.2. The monoisotopic (exact) mass is 703 g/mol. The van der Waals surface area contributed by atoms with Crippen molar-refractivity contribution < 1.29 is 49.2 Å². The van der Waals surface area contributed by atoms with Gasteiger partial charge in [-0.1, -0.05) is 24.5 Å². The zero-order chi connectivity index (χ0) is 34.1. The molecule has 2 aromatic heterocycles. The van der Waals surface area contributed by atoms with Crippen LogP contribution in [0, 0.1) is 0 Å². The number of unbranched alkanes of at least 4 members (excludes halogenated alkanes) is 4. The van der Waals surface area contributed by atoms with E-state index in [2.05, 4.69) is 20.6 Å². The topological polar surface area (TPSA) is 212 Å². The van der Waals surface area contributed by atoms with E-state index >= 15 is 0 Å². The molecular formula is C30H53N7O10S. The van der Waals surface area contributed by atoms with Crippen molar-refractivity contribution in [3.05, 3.63) is 23.8 Å². The third kappa shape index (κ3) is 12.4. The first-order chi connectivity index (χ1) is 23.4. The molecule has 0 amide bonds. The van der Waals surface area contributed by atoms with Gasteiger partial charge in [-0.2, -0.15) is 4.79 Å². The fourth-order valence-electron chi connectivity index (χ4n) is 5.27. The van der Waals surface area contributed by atoms with Crippen molar-refractivity contribution in [2.45, 2.75) is 107 Å². The van der Waals surface area contributed by atoms with E-state index in [0.29, 0.717) is 59.4 Å². The van der Waals surface area contributed by atoms with E-state index < -0.39 is 36.5 Å². The van der Waals surface area contributed by atoms with Crippen molar-refractivity contribution in [2.75, 3.05) is 64.1 Å². The van der Waals surface area contributed by atoms with E-state index in [0.717, 1.165) is 62.1 Å². The molecule has 0 spiro atoms. The molecule has 1 saturated carbocycles. The largest absolute Gasteiger partial charge is 0.394 e. The number of ether oxygens (including phenoxy) is 5. The Balaban J connectivity index is 0.902. The smallest absolute Gasteiger partial charge is 0.132 e. The lowest BCUT2D eigenvalue weighted by Crippen LogP contribution is -2.57. The highest BCUT2D eigenvalue weighted by Gasteiger charge is 2.43. The van der Waals surface area contributed by atoms with Crippen LogP contribution in [0.2, 0.25) is 0 Å². The van der Waals surface area contributed by atoms with Crippen LogP contribution in [-0.2, 0) is 43.4 Å². The van der Waals surface area contributed by atoms with E-state index in [-0.39, 0.29) is 12.1 Å². The minimum absolute atomic E-state index is 0.0759. The molecule has 3 heterocycles. The number of nitrogens with zero attached hydrogens (tertiary/aromatic N) is 7. The van der Waals surface area contributed by atoms with E-state index in [1.807, 2.05) is 18.3 Å². The van der Waals surface area contributed by atoms with Crippen LogP contribution in [0.15, 0.2) is 12.4 Å². The van der Waals surface area contributed by atoms with Gasteiger partial charge in [-0.05, 0) is 36.6 Å². The maximum Gasteiger partial charge on any atom is 0.132 e. The molecule has 4 rings (SSSR count). The predicted octanol–water partition coefficient (Wildman–Crippen LogP) is -0.789. The Morgan fingerprint density at radius 1 is 0.792 bits per heavy atom. The summed E-state index contributed by atoms with van der Waals surface area (Å²) in [5, 5.41) is 67.3. The second-order valence-electron chi connectivity index (χ2n) is 12.1. The minimum atomic E-state index is -1.32. The summed E-state index contributed by atoms with van der Waals surface area (Å²) in [6, 6.07) is 0.0759. The van der Waals surface area contributed by atoms with Crippen molar-refractivity contribution in [1.29, 1.82) is 0 Å². The number of rotatable bonds is 25. The second kappa shape index (κ2) is 21.3. The molecule has 1 aliphatic carbocycles. The average molecular weight is 704 g/mol. The van der Waals surface area contributed by atoms with Crippen molar-refractivity contribution in [1.82, 2.24) is 30.1 Å². The fourth-order valence-corrected chi connectivity index (χ4v) is 6.45. The molecule has 2 fully saturated rings. The Bertz CT molecular complexity index is 1150. The van der Waals surface area contributed by atoms with E-state index in [9.17, 15) is 25.5 Å². The molecule has 274 valence electrons. The number of thioether (sulfide) groups is 1. The number of aliphatic hydroxyl groups is 5. The lowest BCUT2D eigenvalue weighted by molar-refractivity contribution is -0.205. The fraction of sp³-hybridized carbons (Fsp3) is 0.867. The molecule has 0 radical (unpaired) electrons. The molecule has 0 aromatic carbocycles. The van der Waals surface area contributed by atoms with E-state index in [4.69, 9.17) is 23.7 Å². The summed E-state index contributed by atoms with van der Waals surface area (Å²) in [4.78, 5) is 1.64. The van der Waals surface area contributed by atoms with Crippen LogP contribution in [0.3, 0.4) is 0 Å². The Hall–Kier alpha value is -1.97. The first-order valence-electron chi connectivity index (χ1n) is 16.8. The first-order valence-corrected chi connectivity index (χ1v) is 17.9. The molecule has 7 atom stereocenters. The highest BCUT2D eigenvalue weighted by molar-refractivity contribution is 7.99. The van der Waals surface area contributed by atoms with Gasteiger partial charge in [-0.15, -0.1) is 22.0 Å². The standard InChI is InChI=1S/C30H53N7O10S/c1-35(24-7-8-25(24)39)37-18-23(32-34-37)21-46-15-14-44-13-12-43-11-9-36-17-22(31-33-36)20-45-10-5-3-2-4-6-16-48-30-29(42)28(41)27(40)26(19-38)47-30/h17-18,24-30,38-42H,2-16,19-21H2,1H3. The van der Waals surface area contributed by atoms with Crippen molar-refractivity contribution in [2.24, 2.45) is 0 Å². The van der Waals surface area contributed by atoms with Crippen LogP contribution in [-0.4, -0.2) is 157 Å². The molecule has 48 heavy (non-hydrogen) atoms. The quantitative estimate of drug-likeness (QED) is 0.0802. The Morgan fingerprint density at radius 2 is 1.46 bits per heavy atom. The third-order valence-corrected chi connectivity index (χ3v) is 9.64. The Labute approximate surface area is 285 Å². The van der Waals surface area contributed by atoms with Crippen molar-refractivity contribution >= 4 is 11.8 Å². The molecule has 17 nitrogen and oxygen atoms in total. The van der Waals surface area contributed by atoms with Gasteiger partial charge in [-0.25, -0.2) is 4.68 Å². The molecule has 2 aliphatic rings. The van der Waals surface area contributed by atoms with Crippen molar-refractivity contribution in [3.8, 4) is 0 Å². The van der Waals surface area contributed by atoms with Gasteiger partial charge < -0.3 is 49.2 Å². The number of hydrogen-bond donors (Lipinski definition) is 5. The molecule has 1 saturated heterocycles. The van der Waals surface area contributed by atoms with Crippen LogP contribution in [0.5, 0.6) is 0 Å². The summed E-state index contributed by atoms with van der Waals surface area (Å²) in [6.07, 6.45) is 5.45. The number of hydrogen-bond acceptors (Lipinski definition) is 16. The van der Waals surface area contributed by atoms with E-state index in [1.165, 1.54) is 11.8 Å². The second-order valence-corrected chi connectivity index (χ2v) is 13.3. The van der Waals surface area contributed by atoms with Gasteiger partial charge in [0.2, 0.25) is 0 Å². The van der Waals surface area contributed by atoms with Crippen LogP contribution in [0.4, 0.5) is 0 Å². The average Bonchev–Trinajstić information content (AvgIpc) is 3.75. The van der Waals surface area contributed by atoms with Crippen LogP contribution in [0.25, 0.3) is 0 Å². The highest BCUT2D eigenvalue weighted by Crippen LogP contribution is 2.29. The zero-order valence-corrected chi connectivity index (χ0v) is 28.6. The summed E-state index contributed by atoms with van der Waals surface area (Å²) in [5.41, 5.74) is 0.831. The van der Waals surface area contributed by atoms with Gasteiger partial charge >= 0.3 is 0 Å². The molecule has 2 aromatic rings. The number of likely N-dealkylation sites (N-methyl/N-ethyl adjacent to an activating group) is 1. The van der Waals surface area contributed by atoms with Gasteiger partial charge in [0.1, 0.15) is 41.2 Å². The van der Waals surface area contributed by atoms with Gasteiger partial charge in [0.05, 0.1) is 83.9 Å². The van der Waals surface area contributed by atoms with E-state index in [1.54, 1.807) is 15.7 Å². The van der Waals surface area contributed by atoms with Crippen molar-refractivity contribution in [3.63, 3.8) is 0 Å². The van der Waals surface area contributed by atoms with Gasteiger partial charge in [0.25, 0.3) is 0 Å². The lowest BCUT2D eigenvalue weighted by Gasteiger charge is -2.39. The minimum Gasteiger partial charge on any atom is -0.394 e. The van der Waals surface area contributed by atoms with Crippen LogP contribution < -0.4 is 5.01 Å². The summed E-state index contributed by atoms with van der Waals surface area (Å²) in [7, 11) is 1.89. The maximum atomic E-state index is 10.1. The van der Waals surface area contributed by atoms with Gasteiger partial charge in [0.15, 0.2) is 0 Å². The summed E-state index contributed by atoms with van der Waals surface area (Å²) in [5.74, 6) is 0.754. The van der Waals surface area contributed by atoms with Gasteiger partial charge in [-0.3, -0.25) is 5.01 Å². The molecule has 18 heteroatoms. The SMILES string of the molecule is CN(C1CCC1O)n1cc(COCCOCCOCCn2cc(COCCCCCCCSC3OC(CO)C(O)C(O)C3O)nn2)nn1. The molecular weight excluding hydrogens is 650 g/mol. The lowest BCUT2D eigenvalue weighted by atomic mass is 9.89. The van der Waals surface area contributed by atoms with Crippen LogP contribution in [0.1, 0.15) is 56.3 Å². The molecule has 7 unspecified atom stereocenters. The molecule has 1 aliphatic heterocycles. The Morgan fingerprint density at radius 3 is 2.19 bits per heavy atom. The predicted molar refractivity (Wildman–Crippen MR) is 173 cm³/mol. The first kappa shape index (κ1) is 38.8. The number of aliphatic hydroxyl groups excluding tert-OH is 5. The van der Waals surface area contributed by atoms with Crippen LogP contribution >= 0.6 is 11.8 Å². The summed E-state index contributed by atoms with van der Waals surface area (Å²) < 4.78 is 29.8. The van der Waals surface area contributed by atoms with Gasteiger partial charge in [0, 0.05) is 13.7 Å². The highest BCUT2D eigenvalue weighted by atomic mass is 32.2. The zero-order valence-electron chi connectivity index (χ0n) is 27.7. The third-order valence-electron chi connectivity index (χ3n) is 8.39. The summed E-state index contributed by atoms with van der Waals surface area (Å²) in [6.45, 7) is 3.88. The molecule has 0 bridgehead atoms. The molecule has 5 N–H and O–H groups in total. The summed E-state index contributed by atoms with van der Waals surface area (Å²) >= 11 is 1.39. The normalized spacial score (nSPS) is 25.8. The maximum absolute atomic E-state index is 10.1.